The second-order valence-corrected chi connectivity index (χ2v) is 2.82. The molecule has 0 spiro atoms. The SMILES string of the molecule is COc1ccc(O)c2c1NCC2. The molecule has 0 aromatic heterocycles. The zero-order valence-electron chi connectivity index (χ0n) is 6.92. The lowest BCUT2D eigenvalue weighted by molar-refractivity contribution is 0.414. The van der Waals surface area contributed by atoms with E-state index in [-0.39, 0.29) is 0 Å². The molecule has 0 aliphatic carbocycles. The number of rotatable bonds is 1. The number of methoxy groups -OCH3 is 1. The Morgan fingerprint density at radius 1 is 1.50 bits per heavy atom. The van der Waals surface area contributed by atoms with Crippen LogP contribution in [0.25, 0.3) is 0 Å². The molecule has 3 nitrogen and oxygen atoms in total. The summed E-state index contributed by atoms with van der Waals surface area (Å²) in [6, 6.07) is 3.44. The van der Waals surface area contributed by atoms with Gasteiger partial charge in [-0.2, -0.15) is 0 Å². The van der Waals surface area contributed by atoms with Crippen molar-refractivity contribution in [2.45, 2.75) is 6.42 Å². The average molecular weight is 165 g/mol. The molecule has 2 N–H and O–H groups in total. The molecule has 1 aromatic carbocycles. The molecule has 1 aromatic rings. The van der Waals surface area contributed by atoms with Crippen LogP contribution in [-0.4, -0.2) is 18.8 Å². The standard InChI is InChI=1S/C9H11NO2/c1-12-8-3-2-7(11)6-4-5-10-9(6)8/h2-3,10-11H,4-5H2,1H3. The Hall–Kier alpha value is -1.38. The van der Waals surface area contributed by atoms with Crippen molar-refractivity contribution < 1.29 is 9.84 Å². The molecule has 0 atom stereocenters. The first-order valence-electron chi connectivity index (χ1n) is 3.95. The predicted molar refractivity (Wildman–Crippen MR) is 46.9 cm³/mol. The largest absolute Gasteiger partial charge is 0.508 e. The van der Waals surface area contributed by atoms with Crippen LogP contribution < -0.4 is 10.1 Å². The highest BCUT2D eigenvalue weighted by Crippen LogP contribution is 2.37. The monoisotopic (exact) mass is 165 g/mol. The molecule has 64 valence electrons. The van der Waals surface area contributed by atoms with Crippen molar-refractivity contribution in [3.05, 3.63) is 17.7 Å². The summed E-state index contributed by atoms with van der Waals surface area (Å²) in [5.41, 5.74) is 1.91. The van der Waals surface area contributed by atoms with Gasteiger partial charge in [-0.05, 0) is 18.6 Å². The lowest BCUT2D eigenvalue weighted by Gasteiger charge is -2.07. The van der Waals surface area contributed by atoms with Gasteiger partial charge >= 0.3 is 0 Å². The van der Waals surface area contributed by atoms with Gasteiger partial charge in [-0.1, -0.05) is 0 Å². The third-order valence-corrected chi connectivity index (χ3v) is 2.15. The van der Waals surface area contributed by atoms with E-state index in [9.17, 15) is 5.11 Å². The van der Waals surface area contributed by atoms with E-state index in [4.69, 9.17) is 4.74 Å². The van der Waals surface area contributed by atoms with Gasteiger partial charge in [0, 0.05) is 12.1 Å². The normalized spacial score (nSPS) is 13.8. The molecule has 1 aliphatic rings. The second kappa shape index (κ2) is 2.59. The van der Waals surface area contributed by atoms with E-state index in [1.165, 1.54) is 0 Å². The molecule has 3 heteroatoms. The van der Waals surface area contributed by atoms with E-state index in [0.29, 0.717) is 5.75 Å². The summed E-state index contributed by atoms with van der Waals surface area (Å²) < 4.78 is 5.14. The Bertz CT molecular complexity index is 310. The quantitative estimate of drug-likeness (QED) is 0.660. The Morgan fingerprint density at radius 2 is 2.33 bits per heavy atom. The van der Waals surface area contributed by atoms with Crippen LogP contribution in [0.3, 0.4) is 0 Å². The highest BCUT2D eigenvalue weighted by molar-refractivity contribution is 5.69. The van der Waals surface area contributed by atoms with Crippen LogP contribution in [0.5, 0.6) is 11.5 Å². The van der Waals surface area contributed by atoms with Gasteiger partial charge in [-0.3, -0.25) is 0 Å². The third kappa shape index (κ3) is 0.897. The fourth-order valence-corrected chi connectivity index (χ4v) is 1.54. The van der Waals surface area contributed by atoms with Gasteiger partial charge in [0.05, 0.1) is 12.8 Å². The van der Waals surface area contributed by atoms with Gasteiger partial charge in [0.2, 0.25) is 0 Å². The lowest BCUT2D eigenvalue weighted by Crippen LogP contribution is -1.93. The zero-order chi connectivity index (χ0) is 8.55. The van der Waals surface area contributed by atoms with Gasteiger partial charge in [-0.15, -0.1) is 0 Å². The molecule has 0 radical (unpaired) electrons. The highest BCUT2D eigenvalue weighted by atomic mass is 16.5. The maximum absolute atomic E-state index is 9.46. The molecular formula is C9H11NO2. The number of ether oxygens (including phenoxy) is 1. The first kappa shape index (κ1) is 7.28. The topological polar surface area (TPSA) is 41.5 Å². The smallest absolute Gasteiger partial charge is 0.142 e. The predicted octanol–water partition coefficient (Wildman–Crippen LogP) is 1.37. The molecule has 0 amide bonds. The van der Waals surface area contributed by atoms with Crippen molar-refractivity contribution in [1.82, 2.24) is 0 Å². The minimum absolute atomic E-state index is 0.357. The van der Waals surface area contributed by atoms with E-state index in [1.807, 2.05) is 0 Å². The molecule has 1 heterocycles. The number of anilines is 1. The van der Waals surface area contributed by atoms with Gasteiger partial charge in [-0.25, -0.2) is 0 Å². The summed E-state index contributed by atoms with van der Waals surface area (Å²) in [6.45, 7) is 0.878. The highest BCUT2D eigenvalue weighted by Gasteiger charge is 2.17. The number of phenols is 1. The van der Waals surface area contributed by atoms with Gasteiger partial charge in [0.1, 0.15) is 11.5 Å². The van der Waals surface area contributed by atoms with Crippen LogP contribution in [0.15, 0.2) is 12.1 Å². The summed E-state index contributed by atoms with van der Waals surface area (Å²) in [6.07, 6.45) is 0.873. The Labute approximate surface area is 71.0 Å². The van der Waals surface area contributed by atoms with Crippen LogP contribution >= 0.6 is 0 Å². The lowest BCUT2D eigenvalue weighted by atomic mass is 10.1. The van der Waals surface area contributed by atoms with Gasteiger partial charge in [0.25, 0.3) is 0 Å². The fourth-order valence-electron chi connectivity index (χ4n) is 1.54. The molecule has 12 heavy (non-hydrogen) atoms. The summed E-state index contributed by atoms with van der Waals surface area (Å²) in [5.74, 6) is 1.16. The number of nitrogens with one attached hydrogen (secondary N) is 1. The van der Waals surface area contributed by atoms with Crippen LogP contribution in [0.4, 0.5) is 5.69 Å². The average Bonchev–Trinajstić information content (AvgIpc) is 2.54. The molecule has 0 bridgehead atoms. The minimum atomic E-state index is 0.357. The van der Waals surface area contributed by atoms with Crippen molar-refractivity contribution in [3.63, 3.8) is 0 Å². The first-order chi connectivity index (χ1) is 5.83. The molecule has 1 aliphatic heterocycles. The summed E-state index contributed by atoms with van der Waals surface area (Å²) in [7, 11) is 1.63. The van der Waals surface area contributed by atoms with Crippen LogP contribution in [0, 0.1) is 0 Å². The van der Waals surface area contributed by atoms with E-state index in [1.54, 1.807) is 19.2 Å². The van der Waals surface area contributed by atoms with Crippen LogP contribution in [0.1, 0.15) is 5.56 Å². The number of aromatic hydroxyl groups is 1. The van der Waals surface area contributed by atoms with E-state index in [2.05, 4.69) is 5.32 Å². The first-order valence-corrected chi connectivity index (χ1v) is 3.95. The molecule has 0 unspecified atom stereocenters. The van der Waals surface area contributed by atoms with Crippen molar-refractivity contribution >= 4 is 5.69 Å². The molecule has 0 fully saturated rings. The zero-order valence-corrected chi connectivity index (χ0v) is 6.92. The summed E-state index contributed by atoms with van der Waals surface area (Å²) in [5, 5.41) is 12.6. The van der Waals surface area contributed by atoms with E-state index < -0.39 is 0 Å². The maximum Gasteiger partial charge on any atom is 0.142 e. The second-order valence-electron chi connectivity index (χ2n) is 2.82. The third-order valence-electron chi connectivity index (χ3n) is 2.15. The number of benzene rings is 1. The van der Waals surface area contributed by atoms with E-state index in [0.717, 1.165) is 30.0 Å². The van der Waals surface area contributed by atoms with Crippen LogP contribution in [-0.2, 0) is 6.42 Å². The number of hydrogen-bond acceptors (Lipinski definition) is 3. The maximum atomic E-state index is 9.46. The van der Waals surface area contributed by atoms with Crippen LogP contribution in [0.2, 0.25) is 0 Å². The molecule has 0 saturated heterocycles. The van der Waals surface area contributed by atoms with Crippen molar-refractivity contribution in [1.29, 1.82) is 0 Å². The Kier molecular flexibility index (Phi) is 1.57. The molecule has 0 saturated carbocycles. The summed E-state index contributed by atoms with van der Waals surface area (Å²) in [4.78, 5) is 0. The van der Waals surface area contributed by atoms with E-state index >= 15 is 0 Å². The molecule has 2 rings (SSSR count). The number of fused-ring (bicyclic) bond motifs is 1. The van der Waals surface area contributed by atoms with Crippen molar-refractivity contribution in [3.8, 4) is 11.5 Å². The summed E-state index contributed by atoms with van der Waals surface area (Å²) >= 11 is 0. The van der Waals surface area contributed by atoms with Crippen molar-refractivity contribution in [2.75, 3.05) is 19.0 Å². The Balaban J connectivity index is 2.57. The fraction of sp³-hybridized carbons (Fsp3) is 0.333. The number of hydrogen-bond donors (Lipinski definition) is 2. The molecular weight excluding hydrogens is 154 g/mol. The van der Waals surface area contributed by atoms with Gasteiger partial charge < -0.3 is 15.2 Å². The van der Waals surface area contributed by atoms with Crippen molar-refractivity contribution in [2.24, 2.45) is 0 Å². The Morgan fingerprint density at radius 3 is 3.08 bits per heavy atom. The van der Waals surface area contributed by atoms with Gasteiger partial charge in [0.15, 0.2) is 0 Å². The minimum Gasteiger partial charge on any atom is -0.508 e. The number of phenolic OH excluding ortho intramolecular Hbond substituents is 1.